The Morgan fingerprint density at radius 2 is 1.92 bits per heavy atom. The van der Waals surface area contributed by atoms with E-state index in [9.17, 15) is 4.79 Å². The molecule has 0 spiro atoms. The van der Waals surface area contributed by atoms with Crippen molar-refractivity contribution >= 4 is 6.29 Å². The Bertz CT molecular complexity index is 154. The van der Waals surface area contributed by atoms with E-state index < -0.39 is 0 Å². The number of rotatable bonds is 7. The zero-order valence-electron chi connectivity index (χ0n) is 8.99. The molecule has 0 aromatic heterocycles. The molecular formula is C11H21NO. The minimum Gasteiger partial charge on any atom is -0.302 e. The molecule has 0 bridgehead atoms. The highest BCUT2D eigenvalue weighted by Crippen LogP contribution is 2.03. The summed E-state index contributed by atoms with van der Waals surface area (Å²) in [5.74, 6) is 1.07. The van der Waals surface area contributed by atoms with Gasteiger partial charge in [0.05, 0.1) is 6.54 Å². The smallest absolute Gasteiger partial charge is 0.133 e. The van der Waals surface area contributed by atoms with E-state index in [0.29, 0.717) is 18.4 Å². The first-order valence-electron chi connectivity index (χ1n) is 4.88. The summed E-state index contributed by atoms with van der Waals surface area (Å²) in [5, 5.41) is 0. The fourth-order valence-corrected chi connectivity index (χ4v) is 1.33. The van der Waals surface area contributed by atoms with Gasteiger partial charge in [0.1, 0.15) is 6.29 Å². The van der Waals surface area contributed by atoms with Gasteiger partial charge >= 0.3 is 0 Å². The molecule has 1 unspecified atom stereocenters. The maximum atomic E-state index is 10.4. The van der Waals surface area contributed by atoms with Crippen molar-refractivity contribution in [3.05, 3.63) is 12.7 Å². The Hall–Kier alpha value is -0.630. The maximum absolute atomic E-state index is 10.4. The molecule has 76 valence electrons. The number of nitrogens with zero attached hydrogens (tertiary/aromatic N) is 1. The van der Waals surface area contributed by atoms with Crippen LogP contribution >= 0.6 is 0 Å². The molecule has 0 saturated carbocycles. The van der Waals surface area contributed by atoms with E-state index in [4.69, 9.17) is 0 Å². The second-order valence-corrected chi connectivity index (χ2v) is 3.99. The van der Waals surface area contributed by atoms with Crippen LogP contribution in [0.25, 0.3) is 0 Å². The predicted molar refractivity (Wildman–Crippen MR) is 56.7 cm³/mol. The molecule has 0 aromatic rings. The van der Waals surface area contributed by atoms with Crippen LogP contribution < -0.4 is 0 Å². The predicted octanol–water partition coefficient (Wildman–Crippen LogP) is 1.97. The molecule has 0 N–H and O–H groups in total. The summed E-state index contributed by atoms with van der Waals surface area (Å²) in [6.07, 6.45) is 2.90. The zero-order valence-corrected chi connectivity index (χ0v) is 8.99. The lowest BCUT2D eigenvalue weighted by Crippen LogP contribution is -2.33. The molecule has 0 aliphatic heterocycles. The second kappa shape index (κ2) is 6.84. The van der Waals surface area contributed by atoms with Crippen LogP contribution in [0, 0.1) is 11.8 Å². The summed E-state index contributed by atoms with van der Waals surface area (Å²) in [5.41, 5.74) is 0. The molecule has 0 aliphatic rings. The van der Waals surface area contributed by atoms with E-state index in [1.807, 2.05) is 6.08 Å². The second-order valence-electron chi connectivity index (χ2n) is 3.99. The fraction of sp³-hybridized carbons (Fsp3) is 0.727. The van der Waals surface area contributed by atoms with Crippen LogP contribution in [-0.2, 0) is 4.79 Å². The van der Waals surface area contributed by atoms with Crippen molar-refractivity contribution in [2.75, 3.05) is 19.6 Å². The highest BCUT2D eigenvalue weighted by Gasteiger charge is 2.08. The van der Waals surface area contributed by atoms with Gasteiger partial charge in [-0.3, -0.25) is 4.90 Å². The first kappa shape index (κ1) is 12.4. The van der Waals surface area contributed by atoms with E-state index in [1.54, 1.807) is 0 Å². The maximum Gasteiger partial charge on any atom is 0.133 e. The first-order chi connectivity index (χ1) is 6.10. The molecule has 13 heavy (non-hydrogen) atoms. The van der Waals surface area contributed by atoms with Crippen LogP contribution in [-0.4, -0.2) is 30.8 Å². The molecule has 2 nitrogen and oxygen atoms in total. The first-order valence-corrected chi connectivity index (χ1v) is 4.88. The minimum absolute atomic E-state index is 0.457. The van der Waals surface area contributed by atoms with Gasteiger partial charge in [-0.2, -0.15) is 0 Å². The summed E-state index contributed by atoms with van der Waals surface area (Å²) >= 11 is 0. The average Bonchev–Trinajstić information content (AvgIpc) is 2.03. The Labute approximate surface area is 81.6 Å². The molecule has 0 aromatic carbocycles. The Morgan fingerprint density at radius 1 is 1.31 bits per heavy atom. The van der Waals surface area contributed by atoms with E-state index in [2.05, 4.69) is 32.3 Å². The lowest BCUT2D eigenvalue weighted by atomic mass is 10.1. The van der Waals surface area contributed by atoms with Crippen molar-refractivity contribution in [3.63, 3.8) is 0 Å². The Kier molecular flexibility index (Phi) is 6.51. The van der Waals surface area contributed by atoms with Crippen LogP contribution in [0.15, 0.2) is 12.7 Å². The number of hydrogen-bond donors (Lipinski definition) is 0. The zero-order chi connectivity index (χ0) is 10.3. The monoisotopic (exact) mass is 183 g/mol. The van der Waals surface area contributed by atoms with Gasteiger partial charge < -0.3 is 4.79 Å². The normalized spacial score (nSPS) is 13.3. The molecule has 2 heteroatoms. The standard InChI is InChI=1S/C11H21NO/c1-5-11(4)9-12(6-7-13)8-10(2)3/h5,7,10-11H,1,6,8-9H2,2-4H3. The van der Waals surface area contributed by atoms with Crippen LogP contribution in [0.1, 0.15) is 20.8 Å². The number of carbonyl (C=O) groups excluding carboxylic acids is 1. The molecular weight excluding hydrogens is 162 g/mol. The third-order valence-electron chi connectivity index (χ3n) is 1.90. The summed E-state index contributed by atoms with van der Waals surface area (Å²) in [6, 6.07) is 0. The van der Waals surface area contributed by atoms with Gasteiger partial charge in [-0.1, -0.05) is 26.8 Å². The van der Waals surface area contributed by atoms with Gasteiger partial charge in [0, 0.05) is 13.1 Å². The summed E-state index contributed by atoms with van der Waals surface area (Å²) in [6.45, 7) is 12.6. The molecule has 0 aliphatic carbocycles. The quantitative estimate of drug-likeness (QED) is 0.444. The molecule has 1 atom stereocenters. The summed E-state index contributed by atoms with van der Waals surface area (Å²) < 4.78 is 0. The number of aldehydes is 1. The lowest BCUT2D eigenvalue weighted by molar-refractivity contribution is -0.109. The highest BCUT2D eigenvalue weighted by molar-refractivity contribution is 5.51. The molecule has 0 radical (unpaired) electrons. The Balaban J connectivity index is 3.92. The SMILES string of the molecule is C=CC(C)CN(CC=O)CC(C)C. The minimum atomic E-state index is 0.457. The largest absolute Gasteiger partial charge is 0.302 e. The molecule has 0 amide bonds. The van der Waals surface area contributed by atoms with Crippen LogP contribution in [0.5, 0.6) is 0 Å². The van der Waals surface area contributed by atoms with Crippen LogP contribution in [0.4, 0.5) is 0 Å². The molecule has 0 saturated heterocycles. The van der Waals surface area contributed by atoms with Gasteiger partial charge in [0.15, 0.2) is 0 Å². The topological polar surface area (TPSA) is 20.3 Å². The van der Waals surface area contributed by atoms with E-state index in [0.717, 1.165) is 19.4 Å². The number of carbonyl (C=O) groups is 1. The van der Waals surface area contributed by atoms with Crippen molar-refractivity contribution in [2.45, 2.75) is 20.8 Å². The Morgan fingerprint density at radius 3 is 2.31 bits per heavy atom. The van der Waals surface area contributed by atoms with Crippen molar-refractivity contribution < 1.29 is 4.79 Å². The van der Waals surface area contributed by atoms with Crippen molar-refractivity contribution in [3.8, 4) is 0 Å². The van der Waals surface area contributed by atoms with E-state index >= 15 is 0 Å². The molecule has 0 rings (SSSR count). The van der Waals surface area contributed by atoms with Crippen molar-refractivity contribution in [1.82, 2.24) is 4.90 Å². The van der Waals surface area contributed by atoms with Gasteiger partial charge in [-0.25, -0.2) is 0 Å². The van der Waals surface area contributed by atoms with Crippen LogP contribution in [0.2, 0.25) is 0 Å². The van der Waals surface area contributed by atoms with Crippen molar-refractivity contribution in [2.24, 2.45) is 11.8 Å². The molecule has 0 fully saturated rings. The number of hydrogen-bond acceptors (Lipinski definition) is 2. The lowest BCUT2D eigenvalue weighted by Gasteiger charge is -2.23. The fourth-order valence-electron chi connectivity index (χ4n) is 1.33. The average molecular weight is 183 g/mol. The third-order valence-corrected chi connectivity index (χ3v) is 1.90. The van der Waals surface area contributed by atoms with E-state index in [-0.39, 0.29) is 0 Å². The third kappa shape index (κ3) is 6.52. The molecule has 0 heterocycles. The van der Waals surface area contributed by atoms with Gasteiger partial charge in [-0.15, -0.1) is 6.58 Å². The highest BCUT2D eigenvalue weighted by atomic mass is 16.1. The van der Waals surface area contributed by atoms with E-state index in [1.165, 1.54) is 0 Å². The van der Waals surface area contributed by atoms with Gasteiger partial charge in [0.2, 0.25) is 0 Å². The van der Waals surface area contributed by atoms with Gasteiger partial charge in [0.25, 0.3) is 0 Å². The van der Waals surface area contributed by atoms with Gasteiger partial charge in [-0.05, 0) is 11.8 Å². The summed E-state index contributed by atoms with van der Waals surface area (Å²) in [4.78, 5) is 12.6. The van der Waals surface area contributed by atoms with Crippen LogP contribution in [0.3, 0.4) is 0 Å². The van der Waals surface area contributed by atoms with Crippen molar-refractivity contribution in [1.29, 1.82) is 0 Å². The summed E-state index contributed by atoms with van der Waals surface area (Å²) in [7, 11) is 0.